The van der Waals surface area contributed by atoms with Crippen molar-refractivity contribution in [2.75, 3.05) is 0 Å². The first-order valence-electron chi connectivity index (χ1n) is 5.04. The van der Waals surface area contributed by atoms with Crippen LogP contribution in [0.25, 0.3) is 0 Å². The summed E-state index contributed by atoms with van der Waals surface area (Å²) in [4.78, 5) is 3.94. The summed E-state index contributed by atoms with van der Waals surface area (Å²) < 4.78 is 5.60. The lowest BCUT2D eigenvalue weighted by molar-refractivity contribution is 0.240. The molecule has 0 amide bonds. The van der Waals surface area contributed by atoms with Gasteiger partial charge in [0, 0.05) is 0 Å². The standard InChI is InChI=1S/C12H12N2O2S/c15-14-9-13-11-1-3-12(4-2-11)16-7-10-5-6-17-8-10/h1-6,8-9,15H,7H2,(H,13,14). The van der Waals surface area contributed by atoms with E-state index in [0.717, 1.165) is 11.4 Å². The number of nitrogens with one attached hydrogen (secondary N) is 1. The summed E-state index contributed by atoms with van der Waals surface area (Å²) >= 11 is 1.66. The molecule has 0 aliphatic rings. The molecule has 2 N–H and O–H groups in total. The zero-order valence-corrected chi connectivity index (χ0v) is 9.85. The summed E-state index contributed by atoms with van der Waals surface area (Å²) in [6.07, 6.45) is 1.21. The maximum Gasteiger partial charge on any atom is 0.119 e. The van der Waals surface area contributed by atoms with Gasteiger partial charge in [-0.25, -0.2) is 4.99 Å². The van der Waals surface area contributed by atoms with Gasteiger partial charge in [-0.2, -0.15) is 11.3 Å². The molecule has 0 unspecified atom stereocenters. The number of hydrogen-bond donors (Lipinski definition) is 2. The predicted octanol–water partition coefficient (Wildman–Crippen LogP) is 2.97. The topological polar surface area (TPSA) is 53.8 Å². The minimum atomic E-state index is 0.574. The van der Waals surface area contributed by atoms with Crippen LogP contribution in [0.15, 0.2) is 46.1 Å². The first kappa shape index (κ1) is 11.6. The lowest BCUT2D eigenvalue weighted by Gasteiger charge is -2.04. The minimum Gasteiger partial charge on any atom is -0.489 e. The lowest BCUT2D eigenvalue weighted by atomic mass is 10.3. The van der Waals surface area contributed by atoms with Gasteiger partial charge in [-0.1, -0.05) is 0 Å². The minimum absolute atomic E-state index is 0.574. The van der Waals surface area contributed by atoms with E-state index in [1.54, 1.807) is 11.3 Å². The Hall–Kier alpha value is -1.85. The predicted molar refractivity (Wildman–Crippen MR) is 68.2 cm³/mol. The number of hydroxylamine groups is 1. The highest BCUT2D eigenvalue weighted by molar-refractivity contribution is 7.07. The van der Waals surface area contributed by atoms with Gasteiger partial charge < -0.3 is 4.74 Å². The molecule has 5 heteroatoms. The molecule has 0 saturated carbocycles. The molecule has 0 bridgehead atoms. The largest absolute Gasteiger partial charge is 0.489 e. The summed E-state index contributed by atoms with van der Waals surface area (Å²) in [6.45, 7) is 0.574. The lowest BCUT2D eigenvalue weighted by Crippen LogP contribution is -2.00. The first-order chi connectivity index (χ1) is 8.38. The molecule has 0 fully saturated rings. The highest BCUT2D eigenvalue weighted by Crippen LogP contribution is 2.19. The zero-order chi connectivity index (χ0) is 11.9. The van der Waals surface area contributed by atoms with Gasteiger partial charge in [0.05, 0.1) is 5.69 Å². The van der Waals surface area contributed by atoms with Gasteiger partial charge in [0.1, 0.15) is 18.7 Å². The van der Waals surface area contributed by atoms with Gasteiger partial charge >= 0.3 is 0 Å². The van der Waals surface area contributed by atoms with Gasteiger partial charge in [-0.05, 0) is 46.7 Å². The Balaban J connectivity index is 1.91. The summed E-state index contributed by atoms with van der Waals surface area (Å²) in [5.41, 5.74) is 3.77. The highest BCUT2D eigenvalue weighted by atomic mass is 32.1. The highest BCUT2D eigenvalue weighted by Gasteiger charge is 1.96. The fraction of sp³-hybridized carbons (Fsp3) is 0.0833. The molecule has 0 spiro atoms. The molecule has 0 atom stereocenters. The number of thiophene rings is 1. The average Bonchev–Trinajstić information content (AvgIpc) is 2.88. The summed E-state index contributed by atoms with van der Waals surface area (Å²) in [5.74, 6) is 0.798. The van der Waals surface area contributed by atoms with Gasteiger partial charge in [-0.15, -0.1) is 0 Å². The van der Waals surface area contributed by atoms with Crippen LogP contribution in [-0.2, 0) is 6.61 Å². The normalized spacial score (nSPS) is 10.6. The van der Waals surface area contributed by atoms with E-state index in [0.29, 0.717) is 6.61 Å². The van der Waals surface area contributed by atoms with Crippen LogP contribution in [0.1, 0.15) is 5.56 Å². The molecule has 4 nitrogen and oxygen atoms in total. The van der Waals surface area contributed by atoms with Crippen LogP contribution in [0, 0.1) is 0 Å². The smallest absolute Gasteiger partial charge is 0.119 e. The Morgan fingerprint density at radius 2 is 2.12 bits per heavy atom. The number of rotatable bonds is 5. The Bertz CT molecular complexity index is 466. The Kier molecular flexibility index (Phi) is 4.12. The molecular formula is C12H12N2O2S. The zero-order valence-electron chi connectivity index (χ0n) is 9.04. The average molecular weight is 248 g/mol. The van der Waals surface area contributed by atoms with Crippen molar-refractivity contribution < 1.29 is 9.94 Å². The second-order valence-electron chi connectivity index (χ2n) is 3.30. The van der Waals surface area contributed by atoms with Crippen molar-refractivity contribution in [3.8, 4) is 5.75 Å². The summed E-state index contributed by atoms with van der Waals surface area (Å²) in [7, 11) is 0. The summed E-state index contributed by atoms with van der Waals surface area (Å²) in [5, 5.41) is 12.4. The monoisotopic (exact) mass is 248 g/mol. The first-order valence-corrected chi connectivity index (χ1v) is 5.99. The van der Waals surface area contributed by atoms with Crippen LogP contribution in [0.2, 0.25) is 0 Å². The van der Waals surface area contributed by atoms with Crippen molar-refractivity contribution >= 4 is 23.4 Å². The van der Waals surface area contributed by atoms with Crippen LogP contribution in [0.3, 0.4) is 0 Å². The van der Waals surface area contributed by atoms with E-state index in [-0.39, 0.29) is 0 Å². The molecule has 2 aromatic rings. The fourth-order valence-electron chi connectivity index (χ4n) is 1.27. The van der Waals surface area contributed by atoms with E-state index < -0.39 is 0 Å². The molecule has 2 rings (SSSR count). The molecule has 17 heavy (non-hydrogen) atoms. The van der Waals surface area contributed by atoms with Crippen molar-refractivity contribution in [1.29, 1.82) is 0 Å². The van der Waals surface area contributed by atoms with Crippen molar-refractivity contribution in [3.63, 3.8) is 0 Å². The van der Waals surface area contributed by atoms with Gasteiger partial charge in [-0.3, -0.25) is 10.7 Å². The number of ether oxygens (including phenoxy) is 1. The van der Waals surface area contributed by atoms with Crippen LogP contribution in [0.5, 0.6) is 5.75 Å². The van der Waals surface area contributed by atoms with Crippen LogP contribution >= 0.6 is 11.3 Å². The third-order valence-corrected chi connectivity index (χ3v) is 2.83. The maximum absolute atomic E-state index is 8.35. The molecule has 0 aliphatic heterocycles. The number of benzene rings is 1. The van der Waals surface area contributed by atoms with Crippen LogP contribution in [0.4, 0.5) is 5.69 Å². The number of aliphatic imine (C=N–C) groups is 1. The molecule has 1 aromatic carbocycles. The van der Waals surface area contributed by atoms with Crippen molar-refractivity contribution in [3.05, 3.63) is 46.7 Å². The van der Waals surface area contributed by atoms with Crippen molar-refractivity contribution in [2.24, 2.45) is 4.99 Å². The molecule has 0 radical (unpaired) electrons. The van der Waals surface area contributed by atoms with Crippen LogP contribution < -0.4 is 10.2 Å². The second-order valence-corrected chi connectivity index (χ2v) is 4.08. The van der Waals surface area contributed by atoms with E-state index in [4.69, 9.17) is 9.94 Å². The summed E-state index contributed by atoms with van der Waals surface area (Å²) in [6, 6.07) is 9.36. The number of nitrogens with zero attached hydrogens (tertiary/aromatic N) is 1. The van der Waals surface area contributed by atoms with Gasteiger partial charge in [0.25, 0.3) is 0 Å². The molecule has 0 aliphatic carbocycles. The van der Waals surface area contributed by atoms with E-state index in [1.807, 2.05) is 41.2 Å². The van der Waals surface area contributed by atoms with Crippen LogP contribution in [-0.4, -0.2) is 11.5 Å². The second kappa shape index (κ2) is 6.03. The third-order valence-electron chi connectivity index (χ3n) is 2.09. The molecule has 1 aromatic heterocycles. The van der Waals surface area contributed by atoms with Crippen molar-refractivity contribution in [1.82, 2.24) is 5.48 Å². The Morgan fingerprint density at radius 3 is 2.76 bits per heavy atom. The van der Waals surface area contributed by atoms with Gasteiger partial charge in [0.2, 0.25) is 0 Å². The van der Waals surface area contributed by atoms with E-state index in [2.05, 4.69) is 10.4 Å². The molecule has 88 valence electrons. The SMILES string of the molecule is ONC=Nc1ccc(OCc2ccsc2)cc1. The van der Waals surface area contributed by atoms with E-state index >= 15 is 0 Å². The van der Waals surface area contributed by atoms with Gasteiger partial charge in [0.15, 0.2) is 0 Å². The molecular weight excluding hydrogens is 236 g/mol. The van der Waals surface area contributed by atoms with E-state index in [1.165, 1.54) is 11.9 Å². The molecule has 0 saturated heterocycles. The quantitative estimate of drug-likeness (QED) is 0.486. The van der Waals surface area contributed by atoms with E-state index in [9.17, 15) is 0 Å². The number of hydrogen-bond acceptors (Lipinski definition) is 4. The fourth-order valence-corrected chi connectivity index (χ4v) is 1.93. The Labute approximate surface area is 103 Å². The van der Waals surface area contributed by atoms with Crippen molar-refractivity contribution in [2.45, 2.75) is 6.61 Å². The Morgan fingerprint density at radius 1 is 1.29 bits per heavy atom. The third kappa shape index (κ3) is 3.58. The maximum atomic E-state index is 8.35. The molecule has 1 heterocycles.